The number of ketones is 1. The maximum atomic E-state index is 12.0. The number of carbonyl (C=O) groups is 1. The molecule has 128 valence electrons. The Bertz CT molecular complexity index is 668. The van der Waals surface area contributed by atoms with Crippen molar-refractivity contribution in [2.75, 3.05) is 12.5 Å². The number of hydrogen-bond acceptors (Lipinski definition) is 3. The van der Waals surface area contributed by atoms with Crippen LogP contribution in [-0.4, -0.2) is 18.3 Å². The van der Waals surface area contributed by atoms with Crippen molar-refractivity contribution in [3.8, 4) is 11.5 Å². The third-order valence-corrected chi connectivity index (χ3v) is 3.96. The topological polar surface area (TPSA) is 35.5 Å². The summed E-state index contributed by atoms with van der Waals surface area (Å²) in [4.78, 5) is 12.0. The molecule has 2 aromatic rings. The van der Waals surface area contributed by atoms with Crippen LogP contribution in [0.25, 0.3) is 0 Å². The van der Waals surface area contributed by atoms with Crippen molar-refractivity contribution < 1.29 is 14.3 Å². The van der Waals surface area contributed by atoms with Gasteiger partial charge in [0.2, 0.25) is 0 Å². The van der Waals surface area contributed by atoms with Crippen LogP contribution < -0.4 is 9.47 Å². The standard InChI is InChI=1S/C20H23ClO3/c1-3-17-12-18(15(2)22)20(13-19(17)23-11-7-10-21)24-14-16-8-5-4-6-9-16/h4-6,8-9,12-13H,3,7,10-11,14H2,1-2H3. The molecule has 0 radical (unpaired) electrons. The summed E-state index contributed by atoms with van der Waals surface area (Å²) in [7, 11) is 0. The molecule has 0 saturated carbocycles. The molecule has 24 heavy (non-hydrogen) atoms. The van der Waals surface area contributed by atoms with Crippen molar-refractivity contribution in [1.82, 2.24) is 0 Å². The molecule has 0 bridgehead atoms. The van der Waals surface area contributed by atoms with Crippen LogP contribution >= 0.6 is 11.6 Å². The van der Waals surface area contributed by atoms with Crippen molar-refractivity contribution >= 4 is 17.4 Å². The predicted octanol–water partition coefficient (Wildman–Crippen LogP) is 5.04. The van der Waals surface area contributed by atoms with Gasteiger partial charge in [-0.05, 0) is 37.0 Å². The second-order valence-corrected chi connectivity index (χ2v) is 5.91. The molecule has 2 aromatic carbocycles. The molecule has 0 saturated heterocycles. The van der Waals surface area contributed by atoms with E-state index in [1.165, 1.54) is 0 Å². The summed E-state index contributed by atoms with van der Waals surface area (Å²) in [6.45, 7) is 4.55. The van der Waals surface area contributed by atoms with Crippen LogP contribution in [0.2, 0.25) is 0 Å². The molecular weight excluding hydrogens is 324 g/mol. The van der Waals surface area contributed by atoms with Crippen LogP contribution in [0.3, 0.4) is 0 Å². The van der Waals surface area contributed by atoms with Crippen molar-refractivity contribution in [3.63, 3.8) is 0 Å². The highest BCUT2D eigenvalue weighted by Gasteiger charge is 2.15. The van der Waals surface area contributed by atoms with Gasteiger partial charge in [0.15, 0.2) is 5.78 Å². The van der Waals surface area contributed by atoms with Crippen LogP contribution in [0.4, 0.5) is 0 Å². The number of rotatable bonds is 9. The molecule has 2 rings (SSSR count). The van der Waals surface area contributed by atoms with Gasteiger partial charge >= 0.3 is 0 Å². The highest BCUT2D eigenvalue weighted by Crippen LogP contribution is 2.31. The Morgan fingerprint density at radius 3 is 2.46 bits per heavy atom. The third-order valence-electron chi connectivity index (χ3n) is 3.70. The Morgan fingerprint density at radius 1 is 1.08 bits per heavy atom. The zero-order valence-corrected chi connectivity index (χ0v) is 14.9. The quantitative estimate of drug-likeness (QED) is 0.362. The first kappa shape index (κ1) is 18.3. The highest BCUT2D eigenvalue weighted by molar-refractivity contribution is 6.17. The number of carbonyl (C=O) groups excluding carboxylic acids is 1. The minimum atomic E-state index is -0.0138. The normalized spacial score (nSPS) is 10.5. The molecule has 0 aliphatic carbocycles. The van der Waals surface area contributed by atoms with Gasteiger partial charge in [0.1, 0.15) is 18.1 Å². The molecule has 0 unspecified atom stereocenters. The maximum absolute atomic E-state index is 12.0. The van der Waals surface area contributed by atoms with Gasteiger partial charge in [0.25, 0.3) is 0 Å². The van der Waals surface area contributed by atoms with Crippen LogP contribution in [0.5, 0.6) is 11.5 Å². The van der Waals surface area contributed by atoms with Crippen molar-refractivity contribution in [1.29, 1.82) is 0 Å². The molecular formula is C20H23ClO3. The Balaban J connectivity index is 2.25. The molecule has 0 aromatic heterocycles. The van der Waals surface area contributed by atoms with Gasteiger partial charge in [0.05, 0.1) is 12.2 Å². The monoisotopic (exact) mass is 346 g/mol. The predicted molar refractivity (Wildman–Crippen MR) is 97.4 cm³/mol. The van der Waals surface area contributed by atoms with E-state index in [-0.39, 0.29) is 5.78 Å². The summed E-state index contributed by atoms with van der Waals surface area (Å²) in [5.74, 6) is 1.87. The van der Waals surface area contributed by atoms with Gasteiger partial charge in [-0.2, -0.15) is 0 Å². The molecule has 0 fully saturated rings. The third kappa shape index (κ3) is 5.00. The Morgan fingerprint density at radius 2 is 1.83 bits per heavy atom. The zero-order valence-electron chi connectivity index (χ0n) is 14.2. The van der Waals surface area contributed by atoms with E-state index in [1.807, 2.05) is 49.4 Å². The average molecular weight is 347 g/mol. The van der Waals surface area contributed by atoms with E-state index in [4.69, 9.17) is 21.1 Å². The first-order valence-electron chi connectivity index (χ1n) is 8.19. The number of alkyl halides is 1. The molecule has 4 heteroatoms. The number of hydrogen-bond donors (Lipinski definition) is 0. The molecule has 0 spiro atoms. The fourth-order valence-corrected chi connectivity index (χ4v) is 2.49. The van der Waals surface area contributed by atoms with Gasteiger partial charge in [-0.15, -0.1) is 11.6 Å². The summed E-state index contributed by atoms with van der Waals surface area (Å²) in [6.07, 6.45) is 1.56. The second-order valence-electron chi connectivity index (χ2n) is 5.53. The summed E-state index contributed by atoms with van der Waals surface area (Å²) in [5.41, 5.74) is 2.64. The summed E-state index contributed by atoms with van der Waals surface area (Å²) >= 11 is 5.71. The van der Waals surface area contributed by atoms with Crippen LogP contribution in [0.15, 0.2) is 42.5 Å². The van der Waals surface area contributed by atoms with E-state index < -0.39 is 0 Å². The van der Waals surface area contributed by atoms with E-state index in [0.29, 0.717) is 30.4 Å². The molecule has 0 atom stereocenters. The lowest BCUT2D eigenvalue weighted by Crippen LogP contribution is -2.06. The van der Waals surface area contributed by atoms with Gasteiger partial charge in [0, 0.05) is 11.9 Å². The van der Waals surface area contributed by atoms with Gasteiger partial charge in [-0.3, -0.25) is 4.79 Å². The van der Waals surface area contributed by atoms with E-state index in [9.17, 15) is 4.79 Å². The second kappa shape index (κ2) is 9.33. The maximum Gasteiger partial charge on any atom is 0.163 e. The number of Topliss-reactive ketones (excluding diaryl/α,β-unsaturated/α-hetero) is 1. The molecule has 3 nitrogen and oxygen atoms in total. The number of ether oxygens (including phenoxy) is 2. The van der Waals surface area contributed by atoms with Gasteiger partial charge in [-0.1, -0.05) is 37.3 Å². The number of aryl methyl sites for hydroxylation is 1. The summed E-state index contributed by atoms with van der Waals surface area (Å²) in [5, 5.41) is 0. The first-order valence-corrected chi connectivity index (χ1v) is 8.72. The van der Waals surface area contributed by atoms with E-state index >= 15 is 0 Å². The summed E-state index contributed by atoms with van der Waals surface area (Å²) < 4.78 is 11.7. The summed E-state index contributed by atoms with van der Waals surface area (Å²) in [6, 6.07) is 13.6. The average Bonchev–Trinajstić information content (AvgIpc) is 2.60. The van der Waals surface area contributed by atoms with Crippen molar-refractivity contribution in [3.05, 3.63) is 59.2 Å². The number of benzene rings is 2. The molecule has 0 amide bonds. The molecule has 0 N–H and O–H groups in total. The largest absolute Gasteiger partial charge is 0.493 e. The Labute approximate surface area is 148 Å². The molecule has 0 aliphatic heterocycles. The van der Waals surface area contributed by atoms with Gasteiger partial charge in [-0.25, -0.2) is 0 Å². The van der Waals surface area contributed by atoms with E-state index in [2.05, 4.69) is 0 Å². The lowest BCUT2D eigenvalue weighted by Gasteiger charge is -2.16. The van der Waals surface area contributed by atoms with Crippen LogP contribution in [-0.2, 0) is 13.0 Å². The smallest absolute Gasteiger partial charge is 0.163 e. The van der Waals surface area contributed by atoms with Crippen LogP contribution in [0.1, 0.15) is 41.8 Å². The lowest BCUT2D eigenvalue weighted by molar-refractivity contribution is 0.101. The highest BCUT2D eigenvalue weighted by atomic mass is 35.5. The van der Waals surface area contributed by atoms with Crippen molar-refractivity contribution in [2.24, 2.45) is 0 Å². The van der Waals surface area contributed by atoms with Crippen LogP contribution in [0, 0.1) is 0 Å². The Hall–Kier alpha value is -2.00. The fraction of sp³-hybridized carbons (Fsp3) is 0.350. The molecule has 0 aliphatic rings. The van der Waals surface area contributed by atoms with Crippen molar-refractivity contribution in [2.45, 2.75) is 33.3 Å². The first-order chi connectivity index (χ1) is 11.7. The fourth-order valence-electron chi connectivity index (χ4n) is 2.38. The number of halogens is 1. The minimum Gasteiger partial charge on any atom is -0.493 e. The van der Waals surface area contributed by atoms with E-state index in [0.717, 1.165) is 29.7 Å². The zero-order chi connectivity index (χ0) is 17.4. The van der Waals surface area contributed by atoms with E-state index in [1.54, 1.807) is 6.92 Å². The Kier molecular flexibility index (Phi) is 7.13. The molecule has 0 heterocycles. The minimum absolute atomic E-state index is 0.0138. The lowest BCUT2D eigenvalue weighted by atomic mass is 10.0. The van der Waals surface area contributed by atoms with Gasteiger partial charge < -0.3 is 9.47 Å². The SMILES string of the molecule is CCc1cc(C(C)=O)c(OCc2ccccc2)cc1OCCCCl.